The number of hydrogen-bond acceptors (Lipinski definition) is 3. The van der Waals surface area contributed by atoms with Gasteiger partial charge in [0.2, 0.25) is 0 Å². The van der Waals surface area contributed by atoms with Crippen molar-refractivity contribution in [3.63, 3.8) is 0 Å². The third kappa shape index (κ3) is 2.11. The molecule has 0 spiro atoms. The van der Waals surface area contributed by atoms with Crippen molar-refractivity contribution in [1.82, 2.24) is 0 Å². The van der Waals surface area contributed by atoms with E-state index in [4.69, 9.17) is 10.8 Å². The first kappa shape index (κ1) is 8.59. The molecule has 0 aromatic heterocycles. The Hall–Kier alpha value is -0.410. The third-order valence-corrected chi connectivity index (χ3v) is 1.34. The number of ketones is 1. The van der Waals surface area contributed by atoms with Gasteiger partial charge in [0.25, 0.3) is 0 Å². The molecule has 0 unspecified atom stereocenters. The van der Waals surface area contributed by atoms with Crippen molar-refractivity contribution >= 4 is 5.78 Å². The van der Waals surface area contributed by atoms with Crippen LogP contribution in [0.3, 0.4) is 0 Å². The molecule has 0 fully saturated rings. The lowest BCUT2D eigenvalue weighted by Crippen LogP contribution is -2.33. The van der Waals surface area contributed by atoms with E-state index in [1.807, 2.05) is 0 Å². The van der Waals surface area contributed by atoms with E-state index in [0.29, 0.717) is 0 Å². The Morgan fingerprint density at radius 1 is 1.67 bits per heavy atom. The standard InChI is InChI=1S/C6H13NO2/c1-6(2,4-8)5(9)3-7/h8H,3-4,7H2,1-2H3. The quantitative estimate of drug-likeness (QED) is 0.544. The van der Waals surface area contributed by atoms with Gasteiger partial charge < -0.3 is 10.8 Å². The van der Waals surface area contributed by atoms with Crippen molar-refractivity contribution in [2.75, 3.05) is 13.2 Å². The van der Waals surface area contributed by atoms with Crippen LogP contribution in [0.25, 0.3) is 0 Å². The summed E-state index contributed by atoms with van der Waals surface area (Å²) in [5.41, 5.74) is 4.42. The van der Waals surface area contributed by atoms with Crippen LogP contribution in [0.2, 0.25) is 0 Å². The SMILES string of the molecule is CC(C)(CO)C(=O)CN. The highest BCUT2D eigenvalue weighted by atomic mass is 16.3. The number of nitrogens with two attached hydrogens (primary N) is 1. The van der Waals surface area contributed by atoms with Crippen molar-refractivity contribution in [1.29, 1.82) is 0 Å². The lowest BCUT2D eigenvalue weighted by Gasteiger charge is -2.17. The molecule has 0 rings (SSSR count). The van der Waals surface area contributed by atoms with Gasteiger partial charge in [-0.3, -0.25) is 4.79 Å². The molecule has 54 valence electrons. The zero-order chi connectivity index (χ0) is 7.49. The summed E-state index contributed by atoms with van der Waals surface area (Å²) >= 11 is 0. The summed E-state index contributed by atoms with van der Waals surface area (Å²) in [5, 5.41) is 8.62. The van der Waals surface area contributed by atoms with Crippen LogP contribution in [0.1, 0.15) is 13.8 Å². The Morgan fingerprint density at radius 2 is 2.11 bits per heavy atom. The molecule has 0 aliphatic rings. The zero-order valence-electron chi connectivity index (χ0n) is 5.85. The van der Waals surface area contributed by atoms with Crippen LogP contribution in [0, 0.1) is 5.41 Å². The summed E-state index contributed by atoms with van der Waals surface area (Å²) in [6, 6.07) is 0. The summed E-state index contributed by atoms with van der Waals surface area (Å²) in [6.07, 6.45) is 0. The molecule has 0 bridgehead atoms. The topological polar surface area (TPSA) is 63.3 Å². The van der Waals surface area contributed by atoms with E-state index in [0.717, 1.165) is 0 Å². The first-order chi connectivity index (χ1) is 4.04. The summed E-state index contributed by atoms with van der Waals surface area (Å²) < 4.78 is 0. The highest BCUT2D eigenvalue weighted by Crippen LogP contribution is 2.13. The van der Waals surface area contributed by atoms with Gasteiger partial charge in [-0.05, 0) is 0 Å². The predicted octanol–water partition coefficient (Wildman–Crippen LogP) is -0.467. The van der Waals surface area contributed by atoms with Crippen molar-refractivity contribution < 1.29 is 9.90 Å². The first-order valence-electron chi connectivity index (χ1n) is 2.89. The molecule has 0 atom stereocenters. The molecule has 0 saturated carbocycles. The summed E-state index contributed by atoms with van der Waals surface area (Å²) in [7, 11) is 0. The molecule has 0 radical (unpaired) electrons. The number of aliphatic hydroxyl groups is 1. The smallest absolute Gasteiger partial charge is 0.154 e. The summed E-state index contributed by atoms with van der Waals surface area (Å²) in [4.78, 5) is 10.8. The molecule has 9 heavy (non-hydrogen) atoms. The van der Waals surface area contributed by atoms with Gasteiger partial charge in [-0.25, -0.2) is 0 Å². The largest absolute Gasteiger partial charge is 0.395 e. The monoisotopic (exact) mass is 131 g/mol. The number of Topliss-reactive ketones (excluding diaryl/α,β-unsaturated/α-hetero) is 1. The minimum atomic E-state index is -0.658. The van der Waals surface area contributed by atoms with Crippen molar-refractivity contribution in [3.05, 3.63) is 0 Å². The average molecular weight is 131 g/mol. The molecular formula is C6H13NO2. The van der Waals surface area contributed by atoms with E-state index in [1.165, 1.54) is 0 Å². The van der Waals surface area contributed by atoms with E-state index >= 15 is 0 Å². The highest BCUT2D eigenvalue weighted by Gasteiger charge is 2.24. The van der Waals surface area contributed by atoms with Gasteiger partial charge in [-0.15, -0.1) is 0 Å². The van der Waals surface area contributed by atoms with Crippen LogP contribution in [-0.4, -0.2) is 24.0 Å². The Kier molecular flexibility index (Phi) is 2.81. The maximum atomic E-state index is 10.8. The Morgan fingerprint density at radius 3 is 2.22 bits per heavy atom. The molecule has 3 N–H and O–H groups in total. The van der Waals surface area contributed by atoms with Gasteiger partial charge in [0.15, 0.2) is 5.78 Å². The molecule has 0 aliphatic carbocycles. The molecule has 0 amide bonds. The highest BCUT2D eigenvalue weighted by molar-refractivity contribution is 5.85. The van der Waals surface area contributed by atoms with Crippen LogP contribution in [0.4, 0.5) is 0 Å². The van der Waals surface area contributed by atoms with E-state index < -0.39 is 5.41 Å². The van der Waals surface area contributed by atoms with Gasteiger partial charge in [-0.1, -0.05) is 13.8 Å². The number of carbonyl (C=O) groups is 1. The molecule has 0 aromatic carbocycles. The molecule has 0 heterocycles. The molecule has 0 aliphatic heterocycles. The average Bonchev–Trinajstić information content (AvgIpc) is 1.86. The Labute approximate surface area is 54.9 Å². The van der Waals surface area contributed by atoms with Crippen LogP contribution in [-0.2, 0) is 4.79 Å². The molecule has 3 heteroatoms. The maximum Gasteiger partial charge on any atom is 0.154 e. The van der Waals surface area contributed by atoms with Crippen molar-refractivity contribution in [2.45, 2.75) is 13.8 Å². The first-order valence-corrected chi connectivity index (χ1v) is 2.89. The Bertz CT molecular complexity index is 110. The van der Waals surface area contributed by atoms with Gasteiger partial charge in [0.05, 0.1) is 13.2 Å². The fraction of sp³-hybridized carbons (Fsp3) is 0.833. The molecule has 0 aromatic rings. The fourth-order valence-electron chi connectivity index (χ4n) is 0.364. The van der Waals surface area contributed by atoms with Crippen LogP contribution in [0.15, 0.2) is 0 Å². The minimum absolute atomic E-state index is 0.00750. The fourth-order valence-corrected chi connectivity index (χ4v) is 0.364. The number of carbonyl (C=O) groups excluding carboxylic acids is 1. The number of rotatable bonds is 3. The van der Waals surface area contributed by atoms with Gasteiger partial charge in [0.1, 0.15) is 0 Å². The Balaban J connectivity index is 3.97. The van der Waals surface area contributed by atoms with E-state index in [2.05, 4.69) is 0 Å². The zero-order valence-corrected chi connectivity index (χ0v) is 5.85. The molecule has 3 nitrogen and oxygen atoms in total. The van der Waals surface area contributed by atoms with Crippen molar-refractivity contribution in [3.8, 4) is 0 Å². The van der Waals surface area contributed by atoms with Gasteiger partial charge in [0, 0.05) is 5.41 Å². The van der Waals surface area contributed by atoms with E-state index in [-0.39, 0.29) is 18.9 Å². The van der Waals surface area contributed by atoms with Crippen LogP contribution in [0.5, 0.6) is 0 Å². The predicted molar refractivity (Wildman–Crippen MR) is 34.9 cm³/mol. The second-order valence-corrected chi connectivity index (χ2v) is 2.67. The number of hydrogen-bond donors (Lipinski definition) is 2. The second kappa shape index (κ2) is 2.94. The third-order valence-electron chi connectivity index (χ3n) is 1.34. The summed E-state index contributed by atoms with van der Waals surface area (Å²) in [6.45, 7) is 3.21. The lowest BCUT2D eigenvalue weighted by molar-refractivity contribution is -0.127. The van der Waals surface area contributed by atoms with Crippen LogP contribution < -0.4 is 5.73 Å². The van der Waals surface area contributed by atoms with E-state index in [9.17, 15) is 4.79 Å². The molecule has 0 saturated heterocycles. The normalized spacial score (nSPS) is 11.6. The van der Waals surface area contributed by atoms with E-state index in [1.54, 1.807) is 13.8 Å². The lowest BCUT2D eigenvalue weighted by atomic mass is 9.89. The molecular weight excluding hydrogens is 118 g/mol. The summed E-state index contributed by atoms with van der Waals surface area (Å²) in [5.74, 6) is -0.106. The minimum Gasteiger partial charge on any atom is -0.395 e. The van der Waals surface area contributed by atoms with Crippen molar-refractivity contribution in [2.24, 2.45) is 11.1 Å². The maximum absolute atomic E-state index is 10.8. The second-order valence-electron chi connectivity index (χ2n) is 2.67. The number of aliphatic hydroxyl groups excluding tert-OH is 1. The van der Waals surface area contributed by atoms with Gasteiger partial charge >= 0.3 is 0 Å². The van der Waals surface area contributed by atoms with Gasteiger partial charge in [-0.2, -0.15) is 0 Å². The van der Waals surface area contributed by atoms with Crippen LogP contribution >= 0.6 is 0 Å².